The van der Waals surface area contributed by atoms with Crippen LogP contribution in [0.1, 0.15) is 23.0 Å². The van der Waals surface area contributed by atoms with E-state index in [1.165, 1.54) is 19.2 Å². The van der Waals surface area contributed by atoms with Crippen LogP contribution in [0.5, 0.6) is 5.75 Å². The number of aromatic nitrogens is 1. The standard InChI is InChI=1S/C15H14ClNO3/c1-9-6-14(19)12(10(2)18)8-17(9)13-7-11(16)4-5-15(13)20-3/h4-8H,1-3H3. The van der Waals surface area contributed by atoms with Crippen molar-refractivity contribution in [1.82, 2.24) is 4.57 Å². The first kappa shape index (κ1) is 14.3. The Morgan fingerprint density at radius 3 is 2.60 bits per heavy atom. The lowest BCUT2D eigenvalue weighted by Crippen LogP contribution is -2.17. The van der Waals surface area contributed by atoms with Crippen LogP contribution in [0.25, 0.3) is 5.69 Å². The van der Waals surface area contributed by atoms with E-state index < -0.39 is 0 Å². The van der Waals surface area contributed by atoms with Crippen molar-refractivity contribution < 1.29 is 9.53 Å². The first-order valence-corrected chi connectivity index (χ1v) is 6.40. The van der Waals surface area contributed by atoms with Crippen molar-refractivity contribution >= 4 is 17.4 Å². The molecular formula is C15H14ClNO3. The van der Waals surface area contributed by atoms with Gasteiger partial charge in [0.25, 0.3) is 0 Å². The Morgan fingerprint density at radius 2 is 2.00 bits per heavy atom. The molecule has 0 amide bonds. The molecular weight excluding hydrogens is 278 g/mol. The highest BCUT2D eigenvalue weighted by atomic mass is 35.5. The number of carbonyl (C=O) groups is 1. The van der Waals surface area contributed by atoms with Gasteiger partial charge in [-0.25, -0.2) is 0 Å². The maximum Gasteiger partial charge on any atom is 0.192 e. The fraction of sp³-hybridized carbons (Fsp3) is 0.200. The number of nitrogens with zero attached hydrogens (tertiary/aromatic N) is 1. The van der Waals surface area contributed by atoms with Gasteiger partial charge in [-0.15, -0.1) is 0 Å². The Balaban J connectivity index is 2.75. The first-order chi connectivity index (χ1) is 9.43. The molecule has 0 fully saturated rings. The normalized spacial score (nSPS) is 10.4. The lowest BCUT2D eigenvalue weighted by atomic mass is 10.1. The fourth-order valence-corrected chi connectivity index (χ4v) is 2.17. The number of hydrogen-bond acceptors (Lipinski definition) is 3. The Morgan fingerprint density at radius 1 is 1.30 bits per heavy atom. The highest BCUT2D eigenvalue weighted by Gasteiger charge is 2.12. The zero-order chi connectivity index (χ0) is 14.9. The molecule has 5 heteroatoms. The Labute approximate surface area is 121 Å². The summed E-state index contributed by atoms with van der Waals surface area (Å²) in [5, 5.41) is 0.545. The van der Waals surface area contributed by atoms with Crippen molar-refractivity contribution in [3.63, 3.8) is 0 Å². The van der Waals surface area contributed by atoms with E-state index in [-0.39, 0.29) is 16.8 Å². The molecule has 0 aliphatic rings. The number of ether oxygens (including phenoxy) is 1. The molecule has 0 unspecified atom stereocenters. The van der Waals surface area contributed by atoms with Crippen molar-refractivity contribution in [1.29, 1.82) is 0 Å². The topological polar surface area (TPSA) is 48.3 Å². The molecule has 1 heterocycles. The third kappa shape index (κ3) is 2.60. The molecule has 0 aliphatic carbocycles. The van der Waals surface area contributed by atoms with Gasteiger partial charge in [0.05, 0.1) is 18.4 Å². The highest BCUT2D eigenvalue weighted by molar-refractivity contribution is 6.30. The average molecular weight is 292 g/mol. The quantitative estimate of drug-likeness (QED) is 0.817. The van der Waals surface area contributed by atoms with E-state index in [0.29, 0.717) is 22.2 Å². The minimum absolute atomic E-state index is 0.137. The summed E-state index contributed by atoms with van der Waals surface area (Å²) in [5.74, 6) is 0.334. The number of aryl methyl sites for hydroxylation is 1. The van der Waals surface area contributed by atoms with Crippen molar-refractivity contribution in [3.05, 3.63) is 57.0 Å². The van der Waals surface area contributed by atoms with E-state index in [1.54, 1.807) is 36.8 Å². The maximum atomic E-state index is 11.8. The van der Waals surface area contributed by atoms with Crippen LogP contribution < -0.4 is 10.2 Å². The number of benzene rings is 1. The average Bonchev–Trinajstić information content (AvgIpc) is 2.38. The zero-order valence-electron chi connectivity index (χ0n) is 11.4. The second-order valence-corrected chi connectivity index (χ2v) is 4.87. The van der Waals surface area contributed by atoms with Crippen molar-refractivity contribution in [3.8, 4) is 11.4 Å². The number of ketones is 1. The van der Waals surface area contributed by atoms with Gasteiger partial charge in [0.2, 0.25) is 0 Å². The largest absolute Gasteiger partial charge is 0.495 e. The summed E-state index contributed by atoms with van der Waals surface area (Å²) in [5.41, 5.74) is 1.23. The molecule has 0 bridgehead atoms. The van der Waals surface area contributed by atoms with Crippen LogP contribution in [0.15, 0.2) is 35.3 Å². The number of pyridine rings is 1. The van der Waals surface area contributed by atoms with Crippen LogP contribution >= 0.6 is 11.6 Å². The minimum atomic E-state index is -0.285. The van der Waals surface area contributed by atoms with Crippen LogP contribution in [0.4, 0.5) is 0 Å². The van der Waals surface area contributed by atoms with Crippen molar-refractivity contribution in [2.45, 2.75) is 13.8 Å². The summed E-state index contributed by atoms with van der Waals surface area (Å²) in [6.45, 7) is 3.15. The first-order valence-electron chi connectivity index (χ1n) is 6.02. The van der Waals surface area contributed by atoms with E-state index in [2.05, 4.69) is 0 Å². The molecule has 0 saturated carbocycles. The zero-order valence-corrected chi connectivity index (χ0v) is 12.2. The van der Waals surface area contributed by atoms with Crippen LogP contribution in [0.3, 0.4) is 0 Å². The van der Waals surface area contributed by atoms with Gasteiger partial charge in [0.1, 0.15) is 5.75 Å². The molecule has 0 radical (unpaired) electrons. The third-order valence-electron chi connectivity index (χ3n) is 3.02. The van der Waals surface area contributed by atoms with Crippen molar-refractivity contribution in [2.24, 2.45) is 0 Å². The molecule has 0 spiro atoms. The summed E-state index contributed by atoms with van der Waals surface area (Å²) in [7, 11) is 1.55. The molecule has 0 N–H and O–H groups in total. The number of halogens is 1. The smallest absolute Gasteiger partial charge is 0.192 e. The number of Topliss-reactive ketones (excluding diaryl/α,β-unsaturated/α-hetero) is 1. The second kappa shape index (κ2) is 5.51. The van der Waals surface area contributed by atoms with Crippen molar-refractivity contribution in [2.75, 3.05) is 7.11 Å². The number of methoxy groups -OCH3 is 1. The predicted molar refractivity (Wildman–Crippen MR) is 78.3 cm³/mol. The highest BCUT2D eigenvalue weighted by Crippen LogP contribution is 2.27. The van der Waals surface area contributed by atoms with E-state index in [0.717, 1.165) is 0 Å². The Bertz CT molecular complexity index is 734. The summed E-state index contributed by atoms with van der Waals surface area (Å²) in [6, 6.07) is 6.61. The summed E-state index contributed by atoms with van der Waals surface area (Å²) in [6.07, 6.45) is 1.52. The fourth-order valence-electron chi connectivity index (χ4n) is 2.01. The lowest BCUT2D eigenvalue weighted by Gasteiger charge is -2.15. The SMILES string of the molecule is COc1ccc(Cl)cc1-n1cc(C(C)=O)c(=O)cc1C. The number of rotatable bonds is 3. The molecule has 1 aromatic heterocycles. The number of hydrogen-bond donors (Lipinski definition) is 0. The Hall–Kier alpha value is -2.07. The minimum Gasteiger partial charge on any atom is -0.495 e. The van der Waals surface area contributed by atoms with Gasteiger partial charge in [0, 0.05) is 23.0 Å². The van der Waals surface area contributed by atoms with Gasteiger partial charge in [-0.3, -0.25) is 9.59 Å². The summed E-state index contributed by atoms with van der Waals surface area (Å²) < 4.78 is 7.02. The molecule has 0 aliphatic heterocycles. The van der Waals surface area contributed by atoms with E-state index in [1.807, 2.05) is 0 Å². The lowest BCUT2D eigenvalue weighted by molar-refractivity contribution is 0.101. The Kier molecular flexibility index (Phi) is 3.95. The van der Waals surface area contributed by atoms with E-state index >= 15 is 0 Å². The van der Waals surface area contributed by atoms with Gasteiger partial charge in [0.15, 0.2) is 11.2 Å². The van der Waals surface area contributed by atoms with Gasteiger partial charge in [-0.2, -0.15) is 0 Å². The molecule has 4 nitrogen and oxygen atoms in total. The molecule has 0 atom stereocenters. The maximum absolute atomic E-state index is 11.8. The van der Waals surface area contributed by atoms with E-state index in [9.17, 15) is 9.59 Å². The number of carbonyl (C=O) groups excluding carboxylic acids is 1. The van der Waals surface area contributed by atoms with Crippen LogP contribution in [0, 0.1) is 6.92 Å². The predicted octanol–water partition coefficient (Wildman–Crippen LogP) is 3.01. The van der Waals surface area contributed by atoms with E-state index in [4.69, 9.17) is 16.3 Å². The monoisotopic (exact) mass is 291 g/mol. The second-order valence-electron chi connectivity index (χ2n) is 4.44. The third-order valence-corrected chi connectivity index (χ3v) is 3.26. The molecule has 2 aromatic rings. The van der Waals surface area contributed by atoms with Crippen LogP contribution in [-0.2, 0) is 0 Å². The molecule has 2 rings (SSSR count). The van der Waals surface area contributed by atoms with Crippen LogP contribution in [0.2, 0.25) is 5.02 Å². The molecule has 1 aromatic carbocycles. The van der Waals surface area contributed by atoms with Gasteiger partial charge < -0.3 is 9.30 Å². The molecule has 0 saturated heterocycles. The van der Waals surface area contributed by atoms with Gasteiger partial charge in [-0.1, -0.05) is 11.6 Å². The van der Waals surface area contributed by atoms with Gasteiger partial charge in [-0.05, 0) is 32.0 Å². The van der Waals surface area contributed by atoms with Crippen LogP contribution in [-0.4, -0.2) is 17.5 Å². The molecule has 104 valence electrons. The van der Waals surface area contributed by atoms with Gasteiger partial charge >= 0.3 is 0 Å². The molecule has 20 heavy (non-hydrogen) atoms. The summed E-state index contributed by atoms with van der Waals surface area (Å²) >= 11 is 6.01. The summed E-state index contributed by atoms with van der Waals surface area (Å²) in [4.78, 5) is 23.3.